The highest BCUT2D eigenvalue weighted by atomic mass is 19.1. The highest BCUT2D eigenvalue weighted by Crippen LogP contribution is 2.28. The number of amides is 2. The van der Waals surface area contributed by atoms with Crippen molar-refractivity contribution < 1.29 is 23.5 Å². The quantitative estimate of drug-likeness (QED) is 0.798. The molecule has 0 atom stereocenters. The molecule has 0 radical (unpaired) electrons. The van der Waals surface area contributed by atoms with Crippen molar-refractivity contribution in [2.24, 2.45) is 0 Å². The third-order valence-corrected chi connectivity index (χ3v) is 3.11. The van der Waals surface area contributed by atoms with Crippen molar-refractivity contribution in [3.8, 4) is 11.5 Å². The Morgan fingerprint density at radius 1 is 1.00 bits per heavy atom. The van der Waals surface area contributed by atoms with E-state index in [1.54, 1.807) is 18.2 Å². The molecule has 0 aliphatic rings. The van der Waals surface area contributed by atoms with Crippen LogP contribution in [0.25, 0.3) is 0 Å². The van der Waals surface area contributed by atoms with Crippen molar-refractivity contribution in [3.05, 3.63) is 48.3 Å². The number of hydrogen-bond acceptors (Lipinski definition) is 4. The second kappa shape index (κ2) is 7.96. The molecule has 126 valence electrons. The van der Waals surface area contributed by atoms with E-state index in [1.165, 1.54) is 38.5 Å². The zero-order valence-electron chi connectivity index (χ0n) is 13.3. The third-order valence-electron chi connectivity index (χ3n) is 3.11. The number of anilines is 2. The van der Waals surface area contributed by atoms with Crippen LogP contribution in [0.3, 0.4) is 0 Å². The second-order valence-corrected chi connectivity index (χ2v) is 4.85. The molecule has 0 saturated carbocycles. The zero-order valence-corrected chi connectivity index (χ0v) is 13.3. The molecule has 6 nitrogen and oxygen atoms in total. The van der Waals surface area contributed by atoms with Crippen LogP contribution >= 0.6 is 0 Å². The first kappa shape index (κ1) is 17.3. The van der Waals surface area contributed by atoms with Crippen molar-refractivity contribution >= 4 is 23.2 Å². The predicted molar refractivity (Wildman–Crippen MR) is 87.8 cm³/mol. The van der Waals surface area contributed by atoms with Crippen molar-refractivity contribution in [2.45, 2.75) is 6.42 Å². The van der Waals surface area contributed by atoms with Gasteiger partial charge in [-0.05, 0) is 30.3 Å². The smallest absolute Gasteiger partial charge is 0.233 e. The van der Waals surface area contributed by atoms with E-state index in [9.17, 15) is 14.0 Å². The molecule has 0 spiro atoms. The first-order chi connectivity index (χ1) is 11.5. The summed E-state index contributed by atoms with van der Waals surface area (Å²) in [5.74, 6) is -0.584. The minimum absolute atomic E-state index is 0.284. The molecule has 0 unspecified atom stereocenters. The van der Waals surface area contributed by atoms with Crippen molar-refractivity contribution in [1.29, 1.82) is 0 Å². The van der Waals surface area contributed by atoms with E-state index in [4.69, 9.17) is 9.47 Å². The standard InChI is InChI=1S/C17H17FN2O4/c1-23-13-6-7-15(24-2)14(9-13)20-17(22)10-16(21)19-12-5-3-4-11(18)8-12/h3-9H,10H2,1-2H3,(H,19,21)(H,20,22). The molecular weight excluding hydrogens is 315 g/mol. The number of rotatable bonds is 6. The lowest BCUT2D eigenvalue weighted by molar-refractivity contribution is -0.123. The lowest BCUT2D eigenvalue weighted by Crippen LogP contribution is -2.21. The lowest BCUT2D eigenvalue weighted by Gasteiger charge is -2.12. The fraction of sp³-hybridized carbons (Fsp3) is 0.176. The Kier molecular flexibility index (Phi) is 5.73. The fourth-order valence-corrected chi connectivity index (χ4v) is 2.02. The van der Waals surface area contributed by atoms with Crippen LogP contribution in [-0.4, -0.2) is 26.0 Å². The fourth-order valence-electron chi connectivity index (χ4n) is 2.02. The molecule has 0 fully saturated rings. The van der Waals surface area contributed by atoms with Crippen LogP contribution in [0.15, 0.2) is 42.5 Å². The van der Waals surface area contributed by atoms with E-state index in [1.807, 2.05) is 0 Å². The molecular formula is C17H17FN2O4. The number of ether oxygens (including phenoxy) is 2. The summed E-state index contributed by atoms with van der Waals surface area (Å²) < 4.78 is 23.3. The maximum absolute atomic E-state index is 13.1. The number of nitrogens with one attached hydrogen (secondary N) is 2. The maximum atomic E-state index is 13.1. The summed E-state index contributed by atoms with van der Waals surface area (Å²) in [6, 6.07) is 10.3. The molecule has 2 aromatic rings. The third kappa shape index (κ3) is 4.70. The zero-order chi connectivity index (χ0) is 17.5. The van der Waals surface area contributed by atoms with E-state index < -0.39 is 24.1 Å². The monoisotopic (exact) mass is 332 g/mol. The first-order valence-electron chi connectivity index (χ1n) is 7.09. The van der Waals surface area contributed by atoms with Crippen LogP contribution < -0.4 is 20.1 Å². The van der Waals surface area contributed by atoms with Gasteiger partial charge in [0.05, 0.1) is 19.9 Å². The summed E-state index contributed by atoms with van der Waals surface area (Å²) in [5, 5.41) is 5.04. The molecule has 0 heterocycles. The Morgan fingerprint density at radius 2 is 1.75 bits per heavy atom. The Hall–Kier alpha value is -3.09. The van der Waals surface area contributed by atoms with Crippen LogP contribution in [0, 0.1) is 5.82 Å². The number of carbonyl (C=O) groups excluding carboxylic acids is 2. The first-order valence-corrected chi connectivity index (χ1v) is 7.09. The van der Waals surface area contributed by atoms with Crippen LogP contribution in [0.2, 0.25) is 0 Å². The van der Waals surface area contributed by atoms with Crippen molar-refractivity contribution in [1.82, 2.24) is 0 Å². The molecule has 0 bridgehead atoms. The largest absolute Gasteiger partial charge is 0.497 e. The highest BCUT2D eigenvalue weighted by Gasteiger charge is 2.13. The normalized spacial score (nSPS) is 9.96. The van der Waals surface area contributed by atoms with Gasteiger partial charge in [0.1, 0.15) is 23.7 Å². The van der Waals surface area contributed by atoms with Crippen molar-refractivity contribution in [3.63, 3.8) is 0 Å². The minimum atomic E-state index is -0.556. The minimum Gasteiger partial charge on any atom is -0.497 e. The molecule has 2 N–H and O–H groups in total. The number of benzene rings is 2. The molecule has 0 saturated heterocycles. The molecule has 0 aromatic heterocycles. The number of methoxy groups -OCH3 is 2. The van der Waals surface area contributed by atoms with Gasteiger partial charge in [-0.3, -0.25) is 9.59 Å². The van der Waals surface area contributed by atoms with Gasteiger partial charge in [0.2, 0.25) is 11.8 Å². The van der Waals surface area contributed by atoms with E-state index >= 15 is 0 Å². The molecule has 24 heavy (non-hydrogen) atoms. The van der Waals surface area contributed by atoms with Crippen LogP contribution in [0.1, 0.15) is 6.42 Å². The van der Waals surface area contributed by atoms with E-state index in [2.05, 4.69) is 10.6 Å². The van der Waals surface area contributed by atoms with Crippen LogP contribution in [0.4, 0.5) is 15.8 Å². The summed E-state index contributed by atoms with van der Waals surface area (Å²) in [4.78, 5) is 23.9. The molecule has 7 heteroatoms. The predicted octanol–water partition coefficient (Wildman–Crippen LogP) is 2.81. The molecule has 2 aromatic carbocycles. The van der Waals surface area contributed by atoms with Gasteiger partial charge < -0.3 is 20.1 Å². The summed E-state index contributed by atoms with van der Waals surface area (Å²) >= 11 is 0. The Labute approximate surface area is 138 Å². The van der Waals surface area contributed by atoms with Crippen LogP contribution in [-0.2, 0) is 9.59 Å². The van der Waals surface area contributed by atoms with E-state index in [-0.39, 0.29) is 5.69 Å². The lowest BCUT2D eigenvalue weighted by atomic mass is 10.2. The SMILES string of the molecule is COc1ccc(OC)c(NC(=O)CC(=O)Nc2cccc(F)c2)c1. The number of halogens is 1. The van der Waals surface area contributed by atoms with Gasteiger partial charge >= 0.3 is 0 Å². The average Bonchev–Trinajstić information content (AvgIpc) is 2.54. The van der Waals surface area contributed by atoms with Gasteiger partial charge in [0.15, 0.2) is 0 Å². The Balaban J connectivity index is 1.99. The van der Waals surface area contributed by atoms with Gasteiger partial charge in [-0.25, -0.2) is 4.39 Å². The summed E-state index contributed by atoms with van der Waals surface area (Å²) in [6.45, 7) is 0. The van der Waals surface area contributed by atoms with E-state index in [0.717, 1.165) is 0 Å². The molecule has 0 aliphatic heterocycles. The average molecular weight is 332 g/mol. The number of carbonyl (C=O) groups is 2. The number of hydrogen-bond donors (Lipinski definition) is 2. The Bertz CT molecular complexity index is 749. The van der Waals surface area contributed by atoms with Gasteiger partial charge in [0.25, 0.3) is 0 Å². The van der Waals surface area contributed by atoms with Crippen molar-refractivity contribution in [2.75, 3.05) is 24.9 Å². The van der Waals surface area contributed by atoms with Crippen LogP contribution in [0.5, 0.6) is 11.5 Å². The van der Waals surface area contributed by atoms with Gasteiger partial charge in [-0.2, -0.15) is 0 Å². The maximum Gasteiger partial charge on any atom is 0.233 e. The Morgan fingerprint density at radius 3 is 2.42 bits per heavy atom. The van der Waals surface area contributed by atoms with E-state index in [0.29, 0.717) is 17.2 Å². The summed E-state index contributed by atoms with van der Waals surface area (Å²) in [5.41, 5.74) is 0.673. The molecule has 0 aliphatic carbocycles. The molecule has 2 rings (SSSR count). The summed E-state index contributed by atoms with van der Waals surface area (Å²) in [6.07, 6.45) is -0.420. The topological polar surface area (TPSA) is 76.7 Å². The second-order valence-electron chi connectivity index (χ2n) is 4.85. The summed E-state index contributed by atoms with van der Waals surface area (Å²) in [7, 11) is 2.97. The van der Waals surface area contributed by atoms with Gasteiger partial charge in [-0.1, -0.05) is 6.07 Å². The van der Waals surface area contributed by atoms with Gasteiger partial charge in [-0.15, -0.1) is 0 Å². The highest BCUT2D eigenvalue weighted by molar-refractivity contribution is 6.08. The van der Waals surface area contributed by atoms with Gasteiger partial charge in [0, 0.05) is 11.8 Å². The molecule has 2 amide bonds.